The van der Waals surface area contributed by atoms with Crippen molar-refractivity contribution in [2.24, 2.45) is 0 Å². The highest BCUT2D eigenvalue weighted by Crippen LogP contribution is 2.18. The van der Waals surface area contributed by atoms with Crippen molar-refractivity contribution in [3.05, 3.63) is 71.9 Å². The van der Waals surface area contributed by atoms with Crippen LogP contribution in [-0.2, 0) is 10.0 Å². The minimum absolute atomic E-state index is 0.00494. The van der Waals surface area contributed by atoms with E-state index in [1.165, 1.54) is 28.8 Å². The number of carbonyl (C=O) groups excluding carboxylic acids is 1. The summed E-state index contributed by atoms with van der Waals surface area (Å²) in [5.74, 6) is -0.428. The average Bonchev–Trinajstić information content (AvgIpc) is 3.11. The van der Waals surface area contributed by atoms with Gasteiger partial charge in [0.1, 0.15) is 0 Å². The monoisotopic (exact) mass is 423 g/mol. The lowest BCUT2D eigenvalue weighted by Gasteiger charge is -2.09. The van der Waals surface area contributed by atoms with Crippen LogP contribution in [0.15, 0.2) is 59.8 Å². The van der Waals surface area contributed by atoms with Crippen LogP contribution in [0.3, 0.4) is 0 Å². The molecule has 0 aliphatic heterocycles. The van der Waals surface area contributed by atoms with Crippen LogP contribution < -0.4 is 10.0 Å². The molecule has 0 saturated carbocycles. The molecule has 1 amide bonds. The molecule has 0 saturated heterocycles. The smallest absolute Gasteiger partial charge is 0.276 e. The second-order valence-electron chi connectivity index (χ2n) is 6.51. The van der Waals surface area contributed by atoms with Gasteiger partial charge in [-0.25, -0.2) is 32.6 Å². The van der Waals surface area contributed by atoms with Crippen molar-refractivity contribution in [2.45, 2.75) is 18.7 Å². The number of hydrogen-bond donors (Lipinski definition) is 2. The van der Waals surface area contributed by atoms with E-state index in [4.69, 9.17) is 0 Å². The number of benzene rings is 1. The number of nitrogens with zero attached hydrogens (tertiary/aromatic N) is 5. The highest BCUT2D eigenvalue weighted by molar-refractivity contribution is 7.92. The number of fused-ring (bicyclic) bond motifs is 1. The molecule has 0 radical (unpaired) electrons. The molecule has 11 heteroatoms. The Bertz CT molecular complexity index is 1300. The molecule has 0 fully saturated rings. The van der Waals surface area contributed by atoms with Crippen LogP contribution in [0, 0.1) is 13.8 Å². The molecule has 0 atom stereocenters. The van der Waals surface area contributed by atoms with Crippen molar-refractivity contribution in [1.29, 1.82) is 0 Å². The number of aromatic nitrogens is 5. The number of amides is 1. The number of sulfonamides is 1. The van der Waals surface area contributed by atoms with E-state index in [1.54, 1.807) is 44.4 Å². The summed E-state index contributed by atoms with van der Waals surface area (Å²) in [6.07, 6.45) is 3.29. The van der Waals surface area contributed by atoms with Gasteiger partial charge < -0.3 is 5.32 Å². The predicted molar refractivity (Wildman–Crippen MR) is 110 cm³/mol. The third kappa shape index (κ3) is 4.10. The molecule has 0 spiro atoms. The highest BCUT2D eigenvalue weighted by atomic mass is 32.2. The maximum Gasteiger partial charge on any atom is 0.276 e. The molecular formula is C19H17N7O3S. The third-order valence-electron chi connectivity index (χ3n) is 4.10. The molecule has 3 aromatic heterocycles. The van der Waals surface area contributed by atoms with Crippen LogP contribution in [0.2, 0.25) is 0 Å². The molecule has 4 aromatic rings. The van der Waals surface area contributed by atoms with Gasteiger partial charge in [0.15, 0.2) is 11.3 Å². The molecular weight excluding hydrogens is 406 g/mol. The van der Waals surface area contributed by atoms with Gasteiger partial charge in [0, 0.05) is 35.5 Å². The van der Waals surface area contributed by atoms with Crippen molar-refractivity contribution in [3.63, 3.8) is 0 Å². The van der Waals surface area contributed by atoms with Gasteiger partial charge >= 0.3 is 0 Å². The lowest BCUT2D eigenvalue weighted by atomic mass is 10.3. The normalized spacial score (nSPS) is 11.4. The fourth-order valence-corrected chi connectivity index (χ4v) is 3.75. The van der Waals surface area contributed by atoms with Crippen molar-refractivity contribution in [3.8, 4) is 0 Å². The number of aryl methyl sites for hydroxylation is 2. The summed E-state index contributed by atoms with van der Waals surface area (Å²) in [6, 6.07) is 10.7. The quantitative estimate of drug-likeness (QED) is 0.503. The van der Waals surface area contributed by atoms with Crippen LogP contribution >= 0.6 is 0 Å². The third-order valence-corrected chi connectivity index (χ3v) is 5.44. The zero-order valence-electron chi connectivity index (χ0n) is 16.1. The first-order chi connectivity index (χ1) is 14.3. The van der Waals surface area contributed by atoms with E-state index in [0.717, 1.165) is 0 Å². The molecule has 2 N–H and O–H groups in total. The largest absolute Gasteiger partial charge is 0.321 e. The van der Waals surface area contributed by atoms with Gasteiger partial charge in [0.25, 0.3) is 15.9 Å². The lowest BCUT2D eigenvalue weighted by Crippen LogP contribution is -2.16. The zero-order valence-corrected chi connectivity index (χ0v) is 16.9. The van der Waals surface area contributed by atoms with Gasteiger partial charge in [-0.15, -0.1) is 0 Å². The van der Waals surface area contributed by atoms with E-state index >= 15 is 0 Å². The summed E-state index contributed by atoms with van der Waals surface area (Å²) in [4.78, 5) is 24.7. The molecule has 0 unspecified atom stereocenters. The number of hydrogen-bond acceptors (Lipinski definition) is 7. The minimum atomic E-state index is -3.87. The Balaban J connectivity index is 1.49. The SMILES string of the molecule is Cc1cc(C)nc(NS(=O)(=O)c2ccc(NC(=O)c3cc4ncccn4n3)cc2)n1. The van der Waals surface area contributed by atoms with E-state index in [1.807, 2.05) is 0 Å². The molecule has 0 bridgehead atoms. The molecule has 3 heterocycles. The van der Waals surface area contributed by atoms with E-state index in [9.17, 15) is 13.2 Å². The van der Waals surface area contributed by atoms with E-state index in [2.05, 4.69) is 30.1 Å². The number of anilines is 2. The maximum absolute atomic E-state index is 12.6. The van der Waals surface area contributed by atoms with Crippen molar-refractivity contribution >= 4 is 33.2 Å². The van der Waals surface area contributed by atoms with E-state index in [0.29, 0.717) is 22.7 Å². The van der Waals surface area contributed by atoms with E-state index in [-0.39, 0.29) is 16.5 Å². The molecule has 152 valence electrons. The summed E-state index contributed by atoms with van der Waals surface area (Å²) >= 11 is 0. The maximum atomic E-state index is 12.6. The number of carbonyl (C=O) groups is 1. The molecule has 10 nitrogen and oxygen atoms in total. The summed E-state index contributed by atoms with van der Waals surface area (Å²) < 4.78 is 29.0. The standard InChI is InChI=1S/C19H17N7O3S/c1-12-10-13(2)22-19(21-12)25-30(28,29)15-6-4-14(5-7-15)23-18(27)16-11-17-20-8-3-9-26(17)24-16/h3-11H,1-2H3,(H,23,27)(H,21,22,25). The summed E-state index contributed by atoms with van der Waals surface area (Å²) in [5.41, 5.74) is 2.47. The van der Waals surface area contributed by atoms with Crippen molar-refractivity contribution < 1.29 is 13.2 Å². The summed E-state index contributed by atoms with van der Waals surface area (Å²) in [6.45, 7) is 3.51. The van der Waals surface area contributed by atoms with Gasteiger partial charge in [0.2, 0.25) is 5.95 Å². The molecule has 30 heavy (non-hydrogen) atoms. The molecule has 0 aliphatic rings. The Morgan fingerprint density at radius 2 is 1.73 bits per heavy atom. The lowest BCUT2D eigenvalue weighted by molar-refractivity contribution is 0.102. The van der Waals surface area contributed by atoms with Crippen LogP contribution in [0.1, 0.15) is 21.9 Å². The fraction of sp³-hybridized carbons (Fsp3) is 0.105. The Hall–Kier alpha value is -3.86. The van der Waals surface area contributed by atoms with Gasteiger partial charge in [-0.2, -0.15) is 5.10 Å². The topological polar surface area (TPSA) is 131 Å². The Morgan fingerprint density at radius 1 is 1.03 bits per heavy atom. The molecule has 0 aliphatic carbocycles. The first-order valence-corrected chi connectivity index (χ1v) is 10.4. The molecule has 1 aromatic carbocycles. The first kappa shape index (κ1) is 19.5. The van der Waals surface area contributed by atoms with Crippen LogP contribution in [-0.4, -0.2) is 38.9 Å². The van der Waals surface area contributed by atoms with Gasteiger partial charge in [0.05, 0.1) is 4.90 Å². The Labute approximate surface area is 172 Å². The Kier molecular flexibility index (Phi) is 4.88. The van der Waals surface area contributed by atoms with Crippen molar-refractivity contribution in [1.82, 2.24) is 24.6 Å². The molecule has 4 rings (SSSR count). The van der Waals surface area contributed by atoms with Crippen LogP contribution in [0.25, 0.3) is 5.65 Å². The average molecular weight is 423 g/mol. The number of nitrogens with one attached hydrogen (secondary N) is 2. The predicted octanol–water partition coefficient (Wildman–Crippen LogP) is 2.19. The van der Waals surface area contributed by atoms with Crippen molar-refractivity contribution in [2.75, 3.05) is 10.0 Å². The van der Waals surface area contributed by atoms with Gasteiger partial charge in [-0.3, -0.25) is 4.79 Å². The van der Waals surface area contributed by atoms with Crippen LogP contribution in [0.4, 0.5) is 11.6 Å². The van der Waals surface area contributed by atoms with Gasteiger partial charge in [-0.1, -0.05) is 0 Å². The second kappa shape index (κ2) is 7.52. The summed E-state index contributed by atoms with van der Waals surface area (Å²) in [7, 11) is -3.87. The Morgan fingerprint density at radius 3 is 2.40 bits per heavy atom. The second-order valence-corrected chi connectivity index (χ2v) is 8.19. The zero-order chi connectivity index (χ0) is 21.3. The van der Waals surface area contributed by atoms with Gasteiger partial charge in [-0.05, 0) is 50.2 Å². The highest BCUT2D eigenvalue weighted by Gasteiger charge is 2.17. The van der Waals surface area contributed by atoms with Crippen LogP contribution in [0.5, 0.6) is 0 Å². The number of rotatable bonds is 5. The first-order valence-electron chi connectivity index (χ1n) is 8.87. The summed E-state index contributed by atoms with van der Waals surface area (Å²) in [5, 5.41) is 6.83. The van der Waals surface area contributed by atoms with E-state index < -0.39 is 15.9 Å². The fourth-order valence-electron chi connectivity index (χ4n) is 2.80. The minimum Gasteiger partial charge on any atom is -0.321 e.